The van der Waals surface area contributed by atoms with Gasteiger partial charge in [0, 0.05) is 4.05 Å². The molecule has 3 rings (SSSR count). The van der Waals surface area contributed by atoms with Crippen molar-refractivity contribution in [1.82, 2.24) is 5.32 Å². The molecular formula is C29H38INO3Si. The van der Waals surface area contributed by atoms with Crippen molar-refractivity contribution in [2.45, 2.75) is 51.8 Å². The maximum absolute atomic E-state index is 11.3. The largest absolute Gasteiger partial charge is 0.445 e. The molecule has 4 nitrogen and oxygen atoms in total. The van der Waals surface area contributed by atoms with Crippen LogP contribution in [0.2, 0.25) is 5.04 Å². The number of carbonyl (C=O) groups is 1. The summed E-state index contributed by atoms with van der Waals surface area (Å²) in [6.45, 7) is 9.26. The van der Waals surface area contributed by atoms with E-state index in [1.165, 1.54) is 4.05 Å². The van der Waals surface area contributed by atoms with E-state index in [0.29, 0.717) is 11.5 Å². The molecular weight excluding hydrogens is 565 g/mol. The van der Waals surface area contributed by atoms with Gasteiger partial charge in [0.15, 0.2) is 0 Å². The van der Waals surface area contributed by atoms with Crippen LogP contribution in [0.25, 0.3) is 0 Å². The van der Waals surface area contributed by atoms with Gasteiger partial charge in [-0.1, -0.05) is 152 Å². The van der Waals surface area contributed by atoms with Gasteiger partial charge >= 0.3 is 6.09 Å². The van der Waals surface area contributed by atoms with Gasteiger partial charge in [0.05, 0.1) is 12.6 Å². The summed E-state index contributed by atoms with van der Waals surface area (Å²) < 4.78 is 6.21. The zero-order valence-corrected chi connectivity index (χ0v) is 24.4. The number of rotatable bonds is 8. The average molecular weight is 604 g/mol. The summed E-state index contributed by atoms with van der Waals surface area (Å²) in [6.07, 6.45) is 0.182. The third-order valence-corrected chi connectivity index (χ3v) is 15.3. The number of aliphatic hydroxyl groups is 1. The molecule has 0 saturated heterocycles. The van der Waals surface area contributed by atoms with Crippen molar-refractivity contribution in [3.63, 3.8) is 0 Å². The van der Waals surface area contributed by atoms with Crippen LogP contribution in [0.4, 0.5) is 4.79 Å². The summed E-state index contributed by atoms with van der Waals surface area (Å²) in [5.41, 5.74) is 0.940. The zero-order chi connectivity index (χ0) is 25.7. The Hall–Kier alpha value is -2.16. The number of carbonyl (C=O) groups excluding carboxylic acids is 1. The second-order valence-electron chi connectivity index (χ2n) is 9.51. The van der Waals surface area contributed by atoms with Crippen molar-refractivity contribution in [2.75, 3.05) is 10.7 Å². The molecule has 0 saturated carbocycles. The Morgan fingerprint density at radius 1 is 0.914 bits per heavy atom. The van der Waals surface area contributed by atoms with Crippen LogP contribution in [-0.4, -0.2) is 36.0 Å². The predicted molar refractivity (Wildman–Crippen MR) is 157 cm³/mol. The molecule has 0 aliphatic carbocycles. The number of alkyl carbamates (subject to hydrolysis) is 1. The van der Waals surface area contributed by atoms with Crippen molar-refractivity contribution in [3.05, 3.63) is 96.6 Å². The van der Waals surface area contributed by atoms with Crippen molar-refractivity contribution < 1.29 is 14.6 Å². The van der Waals surface area contributed by atoms with Crippen LogP contribution in [0, 0.1) is 0 Å². The molecule has 0 unspecified atom stereocenters. The van der Waals surface area contributed by atoms with Crippen LogP contribution in [-0.2, 0) is 11.3 Å². The van der Waals surface area contributed by atoms with E-state index in [2.05, 4.69) is 109 Å². The summed E-state index contributed by atoms with van der Waals surface area (Å²) in [5.74, 6) is 0. The van der Waals surface area contributed by atoms with Gasteiger partial charge in [0.1, 0.15) is 14.7 Å². The Morgan fingerprint density at radius 3 is 1.74 bits per heavy atom. The molecule has 2 N–H and O–H groups in total. The molecule has 35 heavy (non-hydrogen) atoms. The van der Waals surface area contributed by atoms with Crippen LogP contribution in [0.5, 0.6) is 0 Å². The van der Waals surface area contributed by atoms with Crippen molar-refractivity contribution in [2.24, 2.45) is 0 Å². The highest BCUT2D eigenvalue weighted by molar-refractivity contribution is 14.1. The Kier molecular flexibility index (Phi) is 12.0. The van der Waals surface area contributed by atoms with Gasteiger partial charge < -0.3 is 15.2 Å². The Labute approximate surface area is 225 Å². The van der Waals surface area contributed by atoms with Gasteiger partial charge in [-0.3, -0.25) is 0 Å². The third-order valence-electron chi connectivity index (χ3n) is 6.26. The molecule has 188 valence electrons. The number of alkyl halides is 1. The lowest BCUT2D eigenvalue weighted by atomic mass is 10.2. The van der Waals surface area contributed by atoms with Crippen LogP contribution < -0.4 is 15.7 Å². The van der Waals surface area contributed by atoms with Gasteiger partial charge in [0.25, 0.3) is 0 Å². The molecule has 0 spiro atoms. The van der Waals surface area contributed by atoms with E-state index in [1.54, 1.807) is 10.4 Å². The van der Waals surface area contributed by atoms with Crippen LogP contribution in [0.1, 0.15) is 39.7 Å². The van der Waals surface area contributed by atoms with Crippen LogP contribution in [0.15, 0.2) is 91.0 Å². The third kappa shape index (κ3) is 8.19. The lowest BCUT2D eigenvalue weighted by Gasteiger charge is -2.43. The number of aliphatic hydroxyl groups excluding tert-OH is 1. The number of amides is 1. The maximum atomic E-state index is 11.3. The molecule has 0 heterocycles. The highest BCUT2D eigenvalue weighted by Crippen LogP contribution is 2.36. The van der Waals surface area contributed by atoms with Crippen molar-refractivity contribution >= 4 is 47.1 Å². The second-order valence-corrected chi connectivity index (χ2v) is 16.5. The average Bonchev–Trinajstić information content (AvgIpc) is 2.88. The number of ether oxygens (including phenoxy) is 1. The molecule has 3 aromatic carbocycles. The van der Waals surface area contributed by atoms with E-state index < -0.39 is 14.2 Å². The molecule has 0 aliphatic heterocycles. The first-order valence-corrected chi connectivity index (χ1v) is 15.8. The van der Waals surface area contributed by atoms with Crippen molar-refractivity contribution in [1.29, 1.82) is 0 Å². The normalized spacial score (nSPS) is 12.2. The number of nitrogens with one attached hydrogen (secondary N) is 1. The minimum absolute atomic E-state index is 0.0725. The first kappa shape index (κ1) is 29.1. The smallest absolute Gasteiger partial charge is 0.407 e. The number of benzene rings is 3. The molecule has 0 radical (unpaired) electrons. The van der Waals surface area contributed by atoms with Gasteiger partial charge in [-0.15, -0.1) is 0 Å². The summed E-state index contributed by atoms with van der Waals surface area (Å²) in [7, 11) is -1.74. The monoisotopic (exact) mass is 603 g/mol. The molecule has 0 fully saturated rings. The van der Waals surface area contributed by atoms with E-state index in [4.69, 9.17) is 9.84 Å². The minimum Gasteiger partial charge on any atom is -0.445 e. The Bertz CT molecular complexity index is 951. The predicted octanol–water partition coefficient (Wildman–Crippen LogP) is 5.71. The fraction of sp³-hybridized carbons (Fsp3) is 0.345. The van der Waals surface area contributed by atoms with Crippen LogP contribution in [0.3, 0.4) is 0 Å². The van der Waals surface area contributed by atoms with E-state index in [-0.39, 0.29) is 19.3 Å². The number of hydrogen-bond acceptors (Lipinski definition) is 3. The fourth-order valence-electron chi connectivity index (χ4n) is 4.04. The summed E-state index contributed by atoms with van der Waals surface area (Å²) in [6, 6.07) is 31.5. The van der Waals surface area contributed by atoms with Gasteiger partial charge in [0.2, 0.25) is 0 Å². The highest BCUT2D eigenvalue weighted by atomic mass is 127. The molecule has 0 aromatic heterocycles. The fourth-order valence-corrected chi connectivity index (χ4v) is 14.4. The summed E-state index contributed by atoms with van der Waals surface area (Å²) >= 11 is 2.60. The standard InChI is InChI=1S/C17H21ISi.C12H17NO3/c1-17(2,3)19(14-18,15-10-6-4-7-11-15)16-12-8-5-9-13-16;1-2-11(8-14)13-12(15)16-9-10-6-4-3-5-7-10/h4-13H,14H2,1-3H3;3-7,11,14H,2,8-9H2,1H3,(H,13,15)/t;11-/m.0/s1. The van der Waals surface area contributed by atoms with E-state index in [0.717, 1.165) is 5.56 Å². The molecule has 3 aromatic rings. The van der Waals surface area contributed by atoms with E-state index in [1.807, 2.05) is 37.3 Å². The highest BCUT2D eigenvalue weighted by Gasteiger charge is 2.46. The topological polar surface area (TPSA) is 58.6 Å². The number of halogens is 1. The SMILES string of the molecule is CC(C)(C)[Si](CI)(c1ccccc1)c1ccccc1.CC[C@@H](CO)NC(=O)OCc1ccccc1. The summed E-state index contributed by atoms with van der Waals surface area (Å²) in [4.78, 5) is 11.3. The molecule has 1 amide bonds. The van der Waals surface area contributed by atoms with Gasteiger partial charge in [-0.25, -0.2) is 4.79 Å². The maximum Gasteiger partial charge on any atom is 0.407 e. The lowest BCUT2D eigenvalue weighted by Crippen LogP contribution is -2.66. The molecule has 0 aliphatic rings. The molecule has 6 heteroatoms. The second kappa shape index (κ2) is 14.4. The minimum atomic E-state index is -1.74. The van der Waals surface area contributed by atoms with Gasteiger partial charge in [-0.05, 0) is 17.0 Å². The first-order chi connectivity index (χ1) is 16.8. The first-order valence-electron chi connectivity index (χ1n) is 12.0. The lowest BCUT2D eigenvalue weighted by molar-refractivity contribution is 0.128. The van der Waals surface area contributed by atoms with Crippen LogP contribution >= 0.6 is 22.6 Å². The molecule has 1 atom stereocenters. The van der Waals surface area contributed by atoms with E-state index in [9.17, 15) is 4.79 Å². The van der Waals surface area contributed by atoms with E-state index >= 15 is 0 Å². The van der Waals surface area contributed by atoms with Gasteiger partial charge in [-0.2, -0.15) is 0 Å². The summed E-state index contributed by atoms with van der Waals surface area (Å²) in [5, 5.41) is 14.9. The molecule has 0 bridgehead atoms. The number of hydrogen-bond donors (Lipinski definition) is 2. The Balaban J connectivity index is 0.000000251. The van der Waals surface area contributed by atoms with Crippen molar-refractivity contribution in [3.8, 4) is 0 Å². The Morgan fingerprint density at radius 2 is 1.37 bits per heavy atom. The quantitative estimate of drug-likeness (QED) is 0.197. The zero-order valence-electron chi connectivity index (χ0n) is 21.2.